The lowest BCUT2D eigenvalue weighted by atomic mass is 9.88. The fourth-order valence-electron chi connectivity index (χ4n) is 3.11. The summed E-state index contributed by atoms with van der Waals surface area (Å²) in [7, 11) is 0. The standard InChI is InChI=1S/C14H28N2O/c1-12(9-13-10-17-8-7-15-13)16-11-14(2)5-3-4-6-14/h12-13,15-16H,3-11H2,1-2H3. The Morgan fingerprint density at radius 3 is 2.82 bits per heavy atom. The summed E-state index contributed by atoms with van der Waals surface area (Å²) in [4.78, 5) is 0. The van der Waals surface area contributed by atoms with Crippen LogP contribution in [0.5, 0.6) is 0 Å². The number of hydrogen-bond acceptors (Lipinski definition) is 3. The summed E-state index contributed by atoms with van der Waals surface area (Å²) in [5, 5.41) is 7.24. The maximum atomic E-state index is 5.49. The molecule has 2 atom stereocenters. The fourth-order valence-corrected chi connectivity index (χ4v) is 3.11. The van der Waals surface area contributed by atoms with E-state index >= 15 is 0 Å². The maximum Gasteiger partial charge on any atom is 0.0620 e. The molecular formula is C14H28N2O. The number of nitrogens with one attached hydrogen (secondary N) is 2. The third kappa shape index (κ3) is 4.23. The van der Waals surface area contributed by atoms with Crippen LogP contribution < -0.4 is 10.6 Å². The van der Waals surface area contributed by atoms with Crippen molar-refractivity contribution >= 4 is 0 Å². The third-order valence-corrected chi connectivity index (χ3v) is 4.32. The van der Waals surface area contributed by atoms with Crippen molar-refractivity contribution in [1.29, 1.82) is 0 Å². The van der Waals surface area contributed by atoms with E-state index in [-0.39, 0.29) is 0 Å². The van der Waals surface area contributed by atoms with Crippen molar-refractivity contribution in [2.75, 3.05) is 26.3 Å². The van der Waals surface area contributed by atoms with Gasteiger partial charge in [0.1, 0.15) is 0 Å². The van der Waals surface area contributed by atoms with E-state index in [1.165, 1.54) is 38.6 Å². The largest absolute Gasteiger partial charge is 0.379 e. The first-order valence-corrected chi connectivity index (χ1v) is 7.22. The molecule has 17 heavy (non-hydrogen) atoms. The van der Waals surface area contributed by atoms with Gasteiger partial charge in [0.25, 0.3) is 0 Å². The summed E-state index contributed by atoms with van der Waals surface area (Å²) < 4.78 is 5.49. The second-order valence-electron chi connectivity index (χ2n) is 6.26. The van der Waals surface area contributed by atoms with Gasteiger partial charge in [0, 0.05) is 25.2 Å². The zero-order valence-electron chi connectivity index (χ0n) is 11.4. The highest BCUT2D eigenvalue weighted by Gasteiger charge is 2.28. The summed E-state index contributed by atoms with van der Waals surface area (Å²) in [6.45, 7) is 8.67. The lowest BCUT2D eigenvalue weighted by Crippen LogP contribution is -2.46. The minimum Gasteiger partial charge on any atom is -0.379 e. The van der Waals surface area contributed by atoms with Crippen molar-refractivity contribution < 1.29 is 4.74 Å². The highest BCUT2D eigenvalue weighted by molar-refractivity contribution is 4.84. The van der Waals surface area contributed by atoms with Crippen LogP contribution in [0.4, 0.5) is 0 Å². The Morgan fingerprint density at radius 1 is 1.41 bits per heavy atom. The third-order valence-electron chi connectivity index (χ3n) is 4.32. The van der Waals surface area contributed by atoms with Crippen LogP contribution in [0.3, 0.4) is 0 Å². The molecule has 1 aliphatic heterocycles. The molecular weight excluding hydrogens is 212 g/mol. The van der Waals surface area contributed by atoms with Crippen LogP contribution >= 0.6 is 0 Å². The van der Waals surface area contributed by atoms with Crippen LogP contribution in [0.2, 0.25) is 0 Å². The molecule has 2 fully saturated rings. The summed E-state index contributed by atoms with van der Waals surface area (Å²) >= 11 is 0. The number of hydrogen-bond donors (Lipinski definition) is 2. The van der Waals surface area contributed by atoms with E-state index in [9.17, 15) is 0 Å². The fraction of sp³-hybridized carbons (Fsp3) is 1.00. The smallest absolute Gasteiger partial charge is 0.0620 e. The van der Waals surface area contributed by atoms with Crippen LogP contribution in [0, 0.1) is 5.41 Å². The Labute approximate surface area is 106 Å². The Balaban J connectivity index is 1.64. The van der Waals surface area contributed by atoms with E-state index in [1.54, 1.807) is 0 Å². The van der Waals surface area contributed by atoms with Gasteiger partial charge in [0.2, 0.25) is 0 Å². The molecule has 0 bridgehead atoms. The molecule has 1 heterocycles. The van der Waals surface area contributed by atoms with Gasteiger partial charge in [0.15, 0.2) is 0 Å². The van der Waals surface area contributed by atoms with E-state index in [4.69, 9.17) is 4.74 Å². The first-order valence-electron chi connectivity index (χ1n) is 7.22. The van der Waals surface area contributed by atoms with Crippen LogP contribution in [0.25, 0.3) is 0 Å². The Kier molecular flexibility index (Phi) is 4.83. The SMILES string of the molecule is CC(CC1COCCN1)NCC1(C)CCCC1. The zero-order valence-corrected chi connectivity index (χ0v) is 11.4. The van der Waals surface area contributed by atoms with Crippen LogP contribution in [0.1, 0.15) is 46.0 Å². The molecule has 1 saturated carbocycles. The van der Waals surface area contributed by atoms with Crippen LogP contribution in [-0.2, 0) is 4.74 Å². The van der Waals surface area contributed by atoms with Gasteiger partial charge >= 0.3 is 0 Å². The van der Waals surface area contributed by atoms with Gasteiger partial charge in [-0.25, -0.2) is 0 Å². The first-order chi connectivity index (χ1) is 8.18. The predicted molar refractivity (Wildman–Crippen MR) is 71.3 cm³/mol. The molecule has 2 N–H and O–H groups in total. The minimum absolute atomic E-state index is 0.544. The van der Waals surface area contributed by atoms with Gasteiger partial charge < -0.3 is 15.4 Å². The van der Waals surface area contributed by atoms with Crippen LogP contribution in [-0.4, -0.2) is 38.4 Å². The van der Waals surface area contributed by atoms with Crippen molar-refractivity contribution in [2.24, 2.45) is 5.41 Å². The van der Waals surface area contributed by atoms with Gasteiger partial charge in [-0.3, -0.25) is 0 Å². The van der Waals surface area contributed by atoms with Crippen molar-refractivity contribution in [3.8, 4) is 0 Å². The summed E-state index contributed by atoms with van der Waals surface area (Å²) in [5.74, 6) is 0. The van der Waals surface area contributed by atoms with E-state index < -0.39 is 0 Å². The molecule has 100 valence electrons. The quantitative estimate of drug-likeness (QED) is 0.770. The van der Waals surface area contributed by atoms with E-state index in [0.717, 1.165) is 19.8 Å². The zero-order chi connectivity index (χ0) is 12.1. The molecule has 0 amide bonds. The average Bonchev–Trinajstić information content (AvgIpc) is 2.76. The maximum absolute atomic E-state index is 5.49. The van der Waals surface area contributed by atoms with E-state index in [2.05, 4.69) is 24.5 Å². The van der Waals surface area contributed by atoms with Gasteiger partial charge in [-0.1, -0.05) is 19.8 Å². The molecule has 3 heteroatoms. The highest BCUT2D eigenvalue weighted by atomic mass is 16.5. The molecule has 2 unspecified atom stereocenters. The second-order valence-corrected chi connectivity index (χ2v) is 6.26. The minimum atomic E-state index is 0.544. The molecule has 0 aromatic rings. The molecule has 0 radical (unpaired) electrons. The van der Waals surface area contributed by atoms with E-state index in [1.807, 2.05) is 0 Å². The Hall–Kier alpha value is -0.120. The summed E-state index contributed by atoms with van der Waals surface area (Å²) in [6, 6.07) is 1.13. The Bertz CT molecular complexity index is 220. The number of rotatable bonds is 5. The molecule has 1 aliphatic carbocycles. The average molecular weight is 240 g/mol. The van der Waals surface area contributed by atoms with Crippen molar-refractivity contribution in [3.05, 3.63) is 0 Å². The summed E-state index contributed by atoms with van der Waals surface area (Å²) in [6.07, 6.45) is 6.82. The highest BCUT2D eigenvalue weighted by Crippen LogP contribution is 2.36. The molecule has 3 nitrogen and oxygen atoms in total. The molecule has 1 saturated heterocycles. The van der Waals surface area contributed by atoms with Crippen molar-refractivity contribution in [2.45, 2.75) is 58.0 Å². The monoisotopic (exact) mass is 240 g/mol. The topological polar surface area (TPSA) is 33.3 Å². The van der Waals surface area contributed by atoms with Gasteiger partial charge in [-0.15, -0.1) is 0 Å². The molecule has 0 spiro atoms. The number of morpholine rings is 1. The number of ether oxygens (including phenoxy) is 1. The van der Waals surface area contributed by atoms with Gasteiger partial charge in [-0.05, 0) is 31.6 Å². The lowest BCUT2D eigenvalue weighted by molar-refractivity contribution is 0.0707. The first kappa shape index (κ1) is 13.3. The molecule has 0 aromatic heterocycles. The van der Waals surface area contributed by atoms with Gasteiger partial charge in [0.05, 0.1) is 13.2 Å². The normalized spacial score (nSPS) is 30.4. The van der Waals surface area contributed by atoms with E-state index in [0.29, 0.717) is 17.5 Å². The summed E-state index contributed by atoms with van der Waals surface area (Å²) in [5.41, 5.74) is 0.560. The molecule has 2 rings (SSSR count). The predicted octanol–water partition coefficient (Wildman–Crippen LogP) is 1.92. The van der Waals surface area contributed by atoms with Gasteiger partial charge in [-0.2, -0.15) is 0 Å². The lowest BCUT2D eigenvalue weighted by Gasteiger charge is -2.30. The molecule has 0 aromatic carbocycles. The molecule has 2 aliphatic rings. The van der Waals surface area contributed by atoms with Crippen LogP contribution in [0.15, 0.2) is 0 Å². The second kappa shape index (κ2) is 6.17. The van der Waals surface area contributed by atoms with Crippen molar-refractivity contribution in [3.63, 3.8) is 0 Å². The Morgan fingerprint density at radius 2 is 2.18 bits per heavy atom. The van der Waals surface area contributed by atoms with Crippen molar-refractivity contribution in [1.82, 2.24) is 10.6 Å².